The Bertz CT molecular complexity index is 253. The van der Waals surface area contributed by atoms with Crippen molar-refractivity contribution >= 4 is 0 Å². The molecule has 0 radical (unpaired) electrons. The van der Waals surface area contributed by atoms with Crippen molar-refractivity contribution in [3.05, 3.63) is 41.9 Å². The van der Waals surface area contributed by atoms with Crippen LogP contribution in [0.5, 0.6) is 0 Å². The molecule has 0 saturated carbocycles. The van der Waals surface area contributed by atoms with Gasteiger partial charge in [-0.05, 0) is 40.0 Å². The van der Waals surface area contributed by atoms with Gasteiger partial charge in [-0.25, -0.2) is 18.6 Å². The Morgan fingerprint density at radius 1 is 0.875 bits per heavy atom. The van der Waals surface area contributed by atoms with Crippen LogP contribution in [0.2, 0.25) is 0 Å². The second-order valence-corrected chi connectivity index (χ2v) is 4.46. The Labute approximate surface area is 124 Å². The molecule has 0 spiro atoms. The summed E-state index contributed by atoms with van der Waals surface area (Å²) in [6.07, 6.45) is 11.3. The standard InChI is InChI=1S/C15H25.Na/c1-6-14(4)10-8-12-15(5)11-7-9-13(2)3;/h6,9,12H,1,7-8,10-11H2,2-5H3;/q-1;+1. The summed E-state index contributed by atoms with van der Waals surface area (Å²) in [4.78, 5) is 0. The van der Waals surface area contributed by atoms with Gasteiger partial charge in [0.15, 0.2) is 0 Å². The van der Waals surface area contributed by atoms with Crippen molar-refractivity contribution in [2.75, 3.05) is 0 Å². The molecule has 0 rings (SSSR count). The van der Waals surface area contributed by atoms with Gasteiger partial charge < -0.3 is 0 Å². The quantitative estimate of drug-likeness (QED) is 0.371. The largest absolute Gasteiger partial charge is 1.00 e. The Morgan fingerprint density at radius 3 is 1.88 bits per heavy atom. The minimum atomic E-state index is 0. The zero-order valence-electron chi connectivity index (χ0n) is 11.8. The van der Waals surface area contributed by atoms with Crippen molar-refractivity contribution in [3.63, 3.8) is 0 Å². The first-order valence-corrected chi connectivity index (χ1v) is 5.80. The Kier molecular flexibility index (Phi) is 13.3. The maximum Gasteiger partial charge on any atom is 1.00 e. The number of hydrogen-bond donors (Lipinski definition) is 0. The predicted molar refractivity (Wildman–Crippen MR) is 70.8 cm³/mol. The smallest absolute Gasteiger partial charge is 0.245 e. The fourth-order valence-electron chi connectivity index (χ4n) is 1.34. The predicted octanol–water partition coefficient (Wildman–Crippen LogP) is 2.24. The first-order chi connectivity index (χ1) is 7.06. The van der Waals surface area contributed by atoms with E-state index in [1.807, 2.05) is 6.08 Å². The normalized spacial score (nSPS) is 12.0. The van der Waals surface area contributed by atoms with Crippen LogP contribution < -0.4 is 29.6 Å². The third-order valence-corrected chi connectivity index (χ3v) is 2.47. The minimum absolute atomic E-state index is 0. The van der Waals surface area contributed by atoms with Gasteiger partial charge in [0.05, 0.1) is 0 Å². The molecule has 0 aliphatic rings. The molecular weight excluding hydrogens is 203 g/mol. The summed E-state index contributed by atoms with van der Waals surface area (Å²) in [5, 5.41) is 0. The minimum Gasteiger partial charge on any atom is -0.245 e. The average Bonchev–Trinajstić information content (AvgIpc) is 2.17. The molecule has 0 unspecified atom stereocenters. The van der Waals surface area contributed by atoms with Gasteiger partial charge >= 0.3 is 29.6 Å². The van der Waals surface area contributed by atoms with Gasteiger partial charge in [0, 0.05) is 0 Å². The van der Waals surface area contributed by atoms with E-state index in [4.69, 9.17) is 0 Å². The van der Waals surface area contributed by atoms with E-state index in [-0.39, 0.29) is 29.6 Å². The van der Waals surface area contributed by atoms with Crippen LogP contribution in [0.3, 0.4) is 0 Å². The zero-order valence-corrected chi connectivity index (χ0v) is 13.8. The molecule has 16 heavy (non-hydrogen) atoms. The van der Waals surface area contributed by atoms with Crippen LogP contribution in [0.1, 0.15) is 53.4 Å². The van der Waals surface area contributed by atoms with Crippen molar-refractivity contribution in [1.82, 2.24) is 0 Å². The van der Waals surface area contributed by atoms with Crippen LogP contribution in [-0.2, 0) is 0 Å². The molecule has 0 atom stereocenters. The molecule has 0 heterocycles. The van der Waals surface area contributed by atoms with Crippen molar-refractivity contribution in [3.8, 4) is 0 Å². The summed E-state index contributed by atoms with van der Waals surface area (Å²) >= 11 is 0. The van der Waals surface area contributed by atoms with E-state index in [0.29, 0.717) is 0 Å². The topological polar surface area (TPSA) is 0 Å². The number of hydrogen-bond acceptors (Lipinski definition) is 0. The molecular formula is C15H25Na. The maximum absolute atomic E-state index is 3.76. The van der Waals surface area contributed by atoms with Crippen LogP contribution in [-0.4, -0.2) is 0 Å². The van der Waals surface area contributed by atoms with Crippen molar-refractivity contribution in [2.24, 2.45) is 0 Å². The van der Waals surface area contributed by atoms with Gasteiger partial charge in [0.2, 0.25) is 0 Å². The number of allylic oxidation sites excluding steroid dienone is 6. The van der Waals surface area contributed by atoms with Crippen LogP contribution in [0.15, 0.2) is 34.9 Å². The van der Waals surface area contributed by atoms with Gasteiger partial charge in [0.1, 0.15) is 0 Å². The SMILES string of the molecule is [CH2-]C=C(C)CCC=C(C)CCC=C(C)C.[Na+]. The van der Waals surface area contributed by atoms with E-state index in [2.05, 4.69) is 46.8 Å². The molecule has 0 bridgehead atoms. The third-order valence-electron chi connectivity index (χ3n) is 2.47. The number of rotatable bonds is 6. The molecule has 0 fully saturated rings. The van der Waals surface area contributed by atoms with E-state index in [1.165, 1.54) is 29.6 Å². The van der Waals surface area contributed by atoms with Gasteiger partial charge in [-0.2, -0.15) is 0 Å². The maximum atomic E-state index is 3.76. The molecule has 0 nitrogen and oxygen atoms in total. The Balaban J connectivity index is 0. The van der Waals surface area contributed by atoms with E-state index in [0.717, 1.165) is 12.8 Å². The van der Waals surface area contributed by atoms with E-state index >= 15 is 0 Å². The molecule has 0 aliphatic carbocycles. The van der Waals surface area contributed by atoms with E-state index in [1.54, 1.807) is 0 Å². The molecule has 0 N–H and O–H groups in total. The molecule has 86 valence electrons. The van der Waals surface area contributed by atoms with Crippen molar-refractivity contribution < 1.29 is 29.6 Å². The van der Waals surface area contributed by atoms with Crippen LogP contribution in [0, 0.1) is 6.92 Å². The fourth-order valence-corrected chi connectivity index (χ4v) is 1.34. The summed E-state index contributed by atoms with van der Waals surface area (Å²) in [6, 6.07) is 0. The van der Waals surface area contributed by atoms with E-state index in [9.17, 15) is 0 Å². The molecule has 0 aliphatic heterocycles. The molecule has 1 heteroatoms. The molecule has 0 amide bonds. The van der Waals surface area contributed by atoms with Gasteiger partial charge in [-0.1, -0.05) is 29.7 Å². The fraction of sp³-hybridized carbons (Fsp3) is 0.533. The summed E-state index contributed by atoms with van der Waals surface area (Å²) in [5.74, 6) is 0. The summed E-state index contributed by atoms with van der Waals surface area (Å²) in [5.41, 5.74) is 4.30. The van der Waals surface area contributed by atoms with E-state index < -0.39 is 0 Å². The van der Waals surface area contributed by atoms with Crippen LogP contribution >= 0.6 is 0 Å². The second-order valence-electron chi connectivity index (χ2n) is 4.46. The van der Waals surface area contributed by atoms with Crippen molar-refractivity contribution in [2.45, 2.75) is 53.4 Å². The first kappa shape index (κ1) is 18.5. The van der Waals surface area contributed by atoms with Gasteiger partial charge in [0.25, 0.3) is 0 Å². The van der Waals surface area contributed by atoms with Gasteiger partial charge in [-0.3, -0.25) is 0 Å². The molecule has 0 saturated heterocycles. The summed E-state index contributed by atoms with van der Waals surface area (Å²) in [6.45, 7) is 12.4. The Morgan fingerprint density at radius 2 is 1.38 bits per heavy atom. The molecule has 0 aromatic carbocycles. The first-order valence-electron chi connectivity index (χ1n) is 5.80. The summed E-state index contributed by atoms with van der Waals surface area (Å²) < 4.78 is 0. The van der Waals surface area contributed by atoms with Gasteiger partial charge in [-0.15, -0.1) is 6.92 Å². The monoisotopic (exact) mass is 228 g/mol. The zero-order chi connectivity index (χ0) is 11.7. The summed E-state index contributed by atoms with van der Waals surface area (Å²) in [7, 11) is 0. The second kappa shape index (κ2) is 11.6. The van der Waals surface area contributed by atoms with Crippen molar-refractivity contribution in [1.29, 1.82) is 0 Å². The van der Waals surface area contributed by atoms with Crippen LogP contribution in [0.25, 0.3) is 0 Å². The van der Waals surface area contributed by atoms with Crippen LogP contribution in [0.4, 0.5) is 0 Å². The average molecular weight is 228 g/mol. The molecule has 0 aromatic heterocycles. The molecule has 0 aromatic rings. The third kappa shape index (κ3) is 12.2. The Hall–Kier alpha value is 0.0900.